The molecule has 1 aromatic rings. The largest absolute Gasteiger partial charge is 0.387 e. The Morgan fingerprint density at radius 3 is 2.60 bits per heavy atom. The summed E-state index contributed by atoms with van der Waals surface area (Å²) in [5.74, 6) is -0.520. The van der Waals surface area contributed by atoms with Gasteiger partial charge in [-0.2, -0.15) is 0 Å². The van der Waals surface area contributed by atoms with Gasteiger partial charge in [-0.25, -0.2) is 8.78 Å². The van der Waals surface area contributed by atoms with Crippen LogP contribution in [0.15, 0.2) is 6.20 Å². The number of likely N-dealkylation sites (tertiary alicyclic amines) is 1. The number of nitrogens with zero attached hydrogens (tertiary/aromatic N) is 2. The van der Waals surface area contributed by atoms with E-state index in [-0.39, 0.29) is 45.9 Å². The zero-order valence-electron chi connectivity index (χ0n) is 17.1. The summed E-state index contributed by atoms with van der Waals surface area (Å²) in [7, 11) is 0. The van der Waals surface area contributed by atoms with E-state index in [1.807, 2.05) is 6.92 Å². The first-order valence-corrected chi connectivity index (χ1v) is 11.2. The predicted octanol–water partition coefficient (Wildman–Crippen LogP) is 4.26. The summed E-state index contributed by atoms with van der Waals surface area (Å²) in [6, 6.07) is -0.125. The Morgan fingerprint density at radius 1 is 1.27 bits per heavy atom. The third-order valence-electron chi connectivity index (χ3n) is 6.83. The molecular formula is C21H28Cl2F2N2O3. The average Bonchev–Trinajstić information content (AvgIpc) is 2.70. The molecule has 0 radical (unpaired) electrons. The third kappa shape index (κ3) is 4.59. The fourth-order valence-corrected chi connectivity index (χ4v) is 5.91. The number of pyridine rings is 1. The third-order valence-corrected chi connectivity index (χ3v) is 7.57. The van der Waals surface area contributed by atoms with Gasteiger partial charge >= 0.3 is 0 Å². The second kappa shape index (κ2) is 9.63. The molecule has 6 atom stereocenters. The molecule has 1 saturated carbocycles. The van der Waals surface area contributed by atoms with Crippen LogP contribution in [-0.4, -0.2) is 51.1 Å². The molecule has 2 fully saturated rings. The van der Waals surface area contributed by atoms with Gasteiger partial charge in [0.15, 0.2) is 0 Å². The van der Waals surface area contributed by atoms with Crippen molar-refractivity contribution in [3.05, 3.63) is 27.5 Å². The Kier molecular flexibility index (Phi) is 7.59. The summed E-state index contributed by atoms with van der Waals surface area (Å²) < 4.78 is 26.2. The van der Waals surface area contributed by atoms with Crippen molar-refractivity contribution in [1.82, 2.24) is 9.88 Å². The Morgan fingerprint density at radius 2 is 1.97 bits per heavy atom. The summed E-state index contributed by atoms with van der Waals surface area (Å²) in [4.78, 5) is 18.9. The van der Waals surface area contributed by atoms with Gasteiger partial charge in [-0.3, -0.25) is 9.78 Å². The highest BCUT2D eigenvalue weighted by atomic mass is 35.5. The van der Waals surface area contributed by atoms with Crippen LogP contribution in [-0.2, 0) is 11.2 Å². The highest BCUT2D eigenvalue weighted by molar-refractivity contribution is 6.36. The van der Waals surface area contributed by atoms with E-state index in [1.54, 1.807) is 4.90 Å². The highest BCUT2D eigenvalue weighted by Gasteiger charge is 2.46. The molecule has 5 nitrogen and oxygen atoms in total. The first-order chi connectivity index (χ1) is 14.1. The minimum absolute atomic E-state index is 0.0169. The molecule has 2 N–H and O–H groups in total. The molecule has 30 heavy (non-hydrogen) atoms. The van der Waals surface area contributed by atoms with E-state index in [1.165, 1.54) is 13.1 Å². The number of carbonyl (C=O) groups is 1. The van der Waals surface area contributed by atoms with Gasteiger partial charge in [0.2, 0.25) is 5.91 Å². The Labute approximate surface area is 185 Å². The van der Waals surface area contributed by atoms with Crippen LogP contribution in [0.5, 0.6) is 0 Å². The number of aromatic nitrogens is 1. The minimum atomic E-state index is -2.75. The maximum Gasteiger partial charge on any atom is 0.264 e. The Bertz CT molecular complexity index is 781. The normalized spacial score (nSPS) is 28.9. The maximum absolute atomic E-state index is 13.1. The number of aliphatic hydroxyl groups excluding tert-OH is 2. The number of hydrogen-bond donors (Lipinski definition) is 2. The van der Waals surface area contributed by atoms with E-state index in [2.05, 4.69) is 4.98 Å². The van der Waals surface area contributed by atoms with Crippen LogP contribution in [0.2, 0.25) is 10.0 Å². The summed E-state index contributed by atoms with van der Waals surface area (Å²) >= 11 is 12.6. The number of halogens is 4. The lowest BCUT2D eigenvalue weighted by Crippen LogP contribution is -2.55. The summed E-state index contributed by atoms with van der Waals surface area (Å²) in [6.07, 6.45) is -1.09. The van der Waals surface area contributed by atoms with Crippen LogP contribution in [0.1, 0.15) is 56.9 Å². The van der Waals surface area contributed by atoms with Crippen molar-refractivity contribution in [3.8, 4) is 0 Å². The number of fused-ring (bicyclic) bond motifs is 1. The molecule has 0 unspecified atom stereocenters. The predicted molar refractivity (Wildman–Crippen MR) is 111 cm³/mol. The van der Waals surface area contributed by atoms with Gasteiger partial charge in [0.1, 0.15) is 6.10 Å². The molecule has 3 rings (SSSR count). The molecule has 1 saturated heterocycles. The van der Waals surface area contributed by atoms with E-state index in [0.717, 1.165) is 12.8 Å². The van der Waals surface area contributed by atoms with E-state index in [9.17, 15) is 23.8 Å². The van der Waals surface area contributed by atoms with E-state index in [4.69, 9.17) is 23.2 Å². The van der Waals surface area contributed by atoms with Crippen molar-refractivity contribution in [1.29, 1.82) is 0 Å². The fourth-order valence-electron chi connectivity index (χ4n) is 5.27. The lowest BCUT2D eigenvalue weighted by molar-refractivity contribution is -0.141. The lowest BCUT2D eigenvalue weighted by Gasteiger charge is -2.50. The smallest absolute Gasteiger partial charge is 0.264 e. The van der Waals surface area contributed by atoms with E-state index in [0.29, 0.717) is 24.9 Å². The molecule has 0 spiro atoms. The summed E-state index contributed by atoms with van der Waals surface area (Å²) in [5, 5.41) is 20.3. The second-order valence-electron chi connectivity index (χ2n) is 8.50. The summed E-state index contributed by atoms with van der Waals surface area (Å²) in [5.41, 5.74) is 0.699. The molecule has 9 heteroatoms. The molecule has 1 amide bonds. The van der Waals surface area contributed by atoms with Crippen molar-refractivity contribution < 1.29 is 23.8 Å². The second-order valence-corrected chi connectivity index (χ2v) is 9.29. The van der Waals surface area contributed by atoms with Crippen molar-refractivity contribution in [2.45, 2.75) is 70.6 Å². The van der Waals surface area contributed by atoms with E-state index >= 15 is 0 Å². The molecule has 2 aliphatic rings. The van der Waals surface area contributed by atoms with Gasteiger partial charge in [-0.05, 0) is 50.9 Å². The molecular weight excluding hydrogens is 437 g/mol. The molecule has 1 aromatic heterocycles. The van der Waals surface area contributed by atoms with Gasteiger partial charge in [-0.15, -0.1) is 0 Å². The Balaban J connectivity index is 1.76. The highest BCUT2D eigenvalue weighted by Crippen LogP contribution is 2.45. The molecule has 1 aliphatic carbocycles. The monoisotopic (exact) mass is 464 g/mol. The minimum Gasteiger partial charge on any atom is -0.387 e. The van der Waals surface area contributed by atoms with Gasteiger partial charge < -0.3 is 15.1 Å². The zero-order valence-corrected chi connectivity index (χ0v) is 18.6. The van der Waals surface area contributed by atoms with Gasteiger partial charge in [0.05, 0.1) is 28.3 Å². The quantitative estimate of drug-likeness (QED) is 0.682. The number of amides is 1. The topological polar surface area (TPSA) is 73.7 Å². The zero-order chi connectivity index (χ0) is 22.2. The fraction of sp³-hybridized carbons (Fsp3) is 0.714. The van der Waals surface area contributed by atoms with Crippen LogP contribution < -0.4 is 0 Å². The first-order valence-electron chi connectivity index (χ1n) is 10.4. The Hall–Kier alpha value is -1.02. The lowest BCUT2D eigenvalue weighted by atomic mass is 9.64. The van der Waals surface area contributed by atoms with Crippen LogP contribution in [0.25, 0.3) is 0 Å². The van der Waals surface area contributed by atoms with Crippen LogP contribution in [0.3, 0.4) is 0 Å². The number of aliphatic hydroxyl groups is 2. The molecule has 0 bridgehead atoms. The standard InChI is InChI=1S/C21H28Cl2F2N2O3/c1-10-12-4-3-5-14(20(30)21(24)25)13(12)6-7-27(10)17(29)8-15-16(22)9-26-19(11(2)28)18(15)23/h9-14,20-21,28,30H,3-8H2,1-2H3/t10-,11-,12+,13+,14+,20-/m0/s1. The number of rotatable bonds is 5. The summed E-state index contributed by atoms with van der Waals surface area (Å²) in [6.45, 7) is 3.92. The van der Waals surface area contributed by atoms with Crippen molar-refractivity contribution >= 4 is 29.1 Å². The average molecular weight is 465 g/mol. The number of alkyl halides is 2. The van der Waals surface area contributed by atoms with Crippen LogP contribution >= 0.6 is 23.2 Å². The van der Waals surface area contributed by atoms with E-state index < -0.39 is 24.6 Å². The van der Waals surface area contributed by atoms with Crippen LogP contribution in [0, 0.1) is 17.8 Å². The van der Waals surface area contributed by atoms with Gasteiger partial charge in [0.25, 0.3) is 6.43 Å². The maximum atomic E-state index is 13.1. The number of hydrogen-bond acceptors (Lipinski definition) is 4. The first kappa shape index (κ1) is 23.6. The van der Waals surface area contributed by atoms with Crippen LogP contribution in [0.4, 0.5) is 8.78 Å². The van der Waals surface area contributed by atoms with Crippen molar-refractivity contribution in [2.24, 2.45) is 17.8 Å². The van der Waals surface area contributed by atoms with Crippen molar-refractivity contribution in [3.63, 3.8) is 0 Å². The number of piperidine rings is 1. The van der Waals surface area contributed by atoms with Gasteiger partial charge in [0, 0.05) is 24.3 Å². The molecule has 2 heterocycles. The number of carbonyl (C=O) groups excluding carboxylic acids is 1. The molecule has 0 aromatic carbocycles. The SMILES string of the molecule is C[C@H](O)c1ncc(Cl)c(CC(=O)N2CC[C@H]3[C@H]([C@H](O)C(F)F)CCC[C@@H]3[C@@H]2C)c1Cl. The molecule has 1 aliphatic heterocycles. The van der Waals surface area contributed by atoms with Gasteiger partial charge in [-0.1, -0.05) is 29.6 Å². The molecule has 168 valence electrons. The van der Waals surface area contributed by atoms with Crippen molar-refractivity contribution in [2.75, 3.05) is 6.54 Å².